The van der Waals surface area contributed by atoms with E-state index in [2.05, 4.69) is 252 Å². The zero-order chi connectivity index (χ0) is 44.3. The van der Waals surface area contributed by atoms with E-state index in [1.165, 1.54) is 49.3 Å². The summed E-state index contributed by atoms with van der Waals surface area (Å²) in [5.74, 6) is 0. The van der Waals surface area contributed by atoms with Crippen molar-refractivity contribution in [2.24, 2.45) is 0 Å². The summed E-state index contributed by atoms with van der Waals surface area (Å²) in [4.78, 5) is 2.40. The first-order chi connectivity index (χ1) is 33.2. The minimum atomic E-state index is 0.887. The van der Waals surface area contributed by atoms with Crippen LogP contribution in [0, 0.1) is 0 Å². The average molecular weight is 855 g/mol. The molecule has 0 N–H and O–H groups in total. The van der Waals surface area contributed by atoms with Crippen molar-refractivity contribution >= 4 is 71.6 Å². The van der Waals surface area contributed by atoms with E-state index in [1.807, 2.05) is 12.1 Å². The summed E-state index contributed by atoms with van der Waals surface area (Å²) in [6, 6.07) is 92.0. The topological polar surface area (TPSA) is 21.3 Å². The maximum atomic E-state index is 6.34. The second-order valence-electron chi connectivity index (χ2n) is 17.3. The van der Waals surface area contributed by atoms with Crippen molar-refractivity contribution in [3.8, 4) is 50.2 Å². The number of furan rings is 1. The number of fused-ring (bicyclic) bond motifs is 7. The molecule has 0 aliphatic rings. The Bertz CT molecular complexity index is 3950. The molecule has 2 aromatic heterocycles. The molecule has 0 saturated heterocycles. The fourth-order valence-corrected chi connectivity index (χ4v) is 10.2. The zero-order valence-corrected chi connectivity index (χ0v) is 36.6. The van der Waals surface area contributed by atoms with Crippen LogP contribution in [0.5, 0.6) is 0 Å². The lowest BCUT2D eigenvalue weighted by Gasteiger charge is -2.28. The molecular weight excluding hydrogens is 813 g/mol. The Morgan fingerprint density at radius 1 is 0.313 bits per heavy atom. The van der Waals surface area contributed by atoms with Crippen LogP contribution in [0.3, 0.4) is 0 Å². The zero-order valence-electron chi connectivity index (χ0n) is 36.6. The van der Waals surface area contributed by atoms with Crippen LogP contribution in [-0.2, 0) is 0 Å². The van der Waals surface area contributed by atoms with Crippen LogP contribution in [-0.4, -0.2) is 4.57 Å². The molecule has 0 spiro atoms. The largest absolute Gasteiger partial charge is 0.456 e. The highest BCUT2D eigenvalue weighted by Crippen LogP contribution is 2.44. The van der Waals surface area contributed by atoms with Gasteiger partial charge in [-0.1, -0.05) is 176 Å². The van der Waals surface area contributed by atoms with Crippen LogP contribution >= 0.6 is 0 Å². The molecule has 3 heteroatoms. The lowest BCUT2D eigenvalue weighted by atomic mass is 9.96. The predicted molar refractivity (Wildman–Crippen MR) is 282 cm³/mol. The number of aromatic nitrogens is 1. The summed E-state index contributed by atoms with van der Waals surface area (Å²) in [7, 11) is 0. The minimum absolute atomic E-state index is 0.887. The summed E-state index contributed by atoms with van der Waals surface area (Å²) in [6.07, 6.45) is 0. The fourth-order valence-electron chi connectivity index (χ4n) is 10.2. The van der Waals surface area contributed by atoms with Crippen LogP contribution < -0.4 is 4.90 Å². The molecule has 67 heavy (non-hydrogen) atoms. The van der Waals surface area contributed by atoms with E-state index < -0.39 is 0 Å². The smallest absolute Gasteiger partial charge is 0.136 e. The van der Waals surface area contributed by atoms with Crippen molar-refractivity contribution in [3.05, 3.63) is 255 Å². The highest BCUT2D eigenvalue weighted by molar-refractivity contribution is 6.13. The fraction of sp³-hybridized carbons (Fsp3) is 0. The molecule has 0 fully saturated rings. The highest BCUT2D eigenvalue weighted by Gasteiger charge is 2.20. The van der Waals surface area contributed by atoms with Crippen molar-refractivity contribution in [1.82, 2.24) is 4.57 Å². The molecule has 0 atom stereocenters. The first kappa shape index (κ1) is 38.5. The molecule has 0 unspecified atom stereocenters. The van der Waals surface area contributed by atoms with Crippen LogP contribution in [0.1, 0.15) is 0 Å². The summed E-state index contributed by atoms with van der Waals surface area (Å²) in [5.41, 5.74) is 17.8. The maximum absolute atomic E-state index is 6.34. The summed E-state index contributed by atoms with van der Waals surface area (Å²) < 4.78 is 8.73. The Hall–Kier alpha value is -8.92. The quantitative estimate of drug-likeness (QED) is 0.152. The van der Waals surface area contributed by atoms with Gasteiger partial charge in [0.25, 0.3) is 0 Å². The SMILES string of the molecule is c1cc(-c2ccc(N(c3cccc(-c4cccc5oc6ccccc6c45)c3)c3ccccc3-c3ccc4ccccc4c3)cc2)cc(-c2cccc(-n3c4ccccc4c4ccccc43)c2)c1. The standard InChI is InChI=1S/C64H42N2O/c1-2-16-45-40-50(34-33-43(45)15-1)54-23-3-7-28-59(54)65(52-21-13-20-49(42-52)55-27-14-32-63-64(55)58-26-6-10-31-62(58)67-63)51-37-35-44(36-38-51)46-17-11-18-47(39-46)48-19-12-22-53(41-48)66-60-29-8-4-24-56(60)57-25-5-9-30-61(57)66/h1-42H. The van der Waals surface area contributed by atoms with Gasteiger partial charge in [-0.05, 0) is 129 Å². The Morgan fingerprint density at radius 3 is 1.70 bits per heavy atom. The molecule has 0 bridgehead atoms. The van der Waals surface area contributed by atoms with Crippen LogP contribution in [0.4, 0.5) is 17.1 Å². The maximum Gasteiger partial charge on any atom is 0.136 e. The minimum Gasteiger partial charge on any atom is -0.456 e. The molecule has 3 nitrogen and oxygen atoms in total. The molecular formula is C64H42N2O. The van der Waals surface area contributed by atoms with Gasteiger partial charge in [-0.25, -0.2) is 0 Å². The highest BCUT2D eigenvalue weighted by atomic mass is 16.3. The molecule has 0 saturated carbocycles. The van der Waals surface area contributed by atoms with Crippen molar-refractivity contribution in [2.45, 2.75) is 0 Å². The third-order valence-corrected chi connectivity index (χ3v) is 13.4. The molecule has 0 amide bonds. The van der Waals surface area contributed by atoms with E-state index in [1.54, 1.807) is 0 Å². The van der Waals surface area contributed by atoms with Gasteiger partial charge < -0.3 is 13.9 Å². The van der Waals surface area contributed by atoms with Gasteiger partial charge >= 0.3 is 0 Å². The van der Waals surface area contributed by atoms with E-state index in [0.717, 1.165) is 72.5 Å². The summed E-state index contributed by atoms with van der Waals surface area (Å²) in [6.45, 7) is 0. The number of para-hydroxylation sites is 4. The first-order valence-corrected chi connectivity index (χ1v) is 22.9. The Balaban J connectivity index is 0.910. The predicted octanol–water partition coefficient (Wildman–Crippen LogP) is 18.0. The third kappa shape index (κ3) is 6.67. The van der Waals surface area contributed by atoms with E-state index in [-0.39, 0.29) is 0 Å². The summed E-state index contributed by atoms with van der Waals surface area (Å²) in [5, 5.41) is 7.21. The Morgan fingerprint density at radius 2 is 0.881 bits per heavy atom. The number of hydrogen-bond acceptors (Lipinski definition) is 2. The lowest BCUT2D eigenvalue weighted by molar-refractivity contribution is 0.669. The van der Waals surface area contributed by atoms with E-state index in [4.69, 9.17) is 4.42 Å². The molecule has 0 radical (unpaired) electrons. The van der Waals surface area contributed by atoms with Gasteiger partial charge in [0.2, 0.25) is 0 Å². The van der Waals surface area contributed by atoms with Gasteiger partial charge in [0, 0.05) is 44.2 Å². The van der Waals surface area contributed by atoms with Gasteiger partial charge in [-0.3, -0.25) is 0 Å². The number of nitrogens with zero attached hydrogens (tertiary/aromatic N) is 2. The van der Waals surface area contributed by atoms with Gasteiger partial charge in [-0.2, -0.15) is 0 Å². The first-order valence-electron chi connectivity index (χ1n) is 22.9. The number of hydrogen-bond donors (Lipinski definition) is 0. The van der Waals surface area contributed by atoms with Crippen LogP contribution in [0.15, 0.2) is 259 Å². The second kappa shape index (κ2) is 16.0. The third-order valence-electron chi connectivity index (χ3n) is 13.4. The molecule has 0 aliphatic carbocycles. The normalized spacial score (nSPS) is 11.6. The molecule has 0 aliphatic heterocycles. The number of rotatable bonds is 8. The van der Waals surface area contributed by atoms with Crippen LogP contribution in [0.2, 0.25) is 0 Å². The second-order valence-corrected chi connectivity index (χ2v) is 17.3. The van der Waals surface area contributed by atoms with Crippen molar-refractivity contribution in [2.75, 3.05) is 4.90 Å². The molecule has 13 rings (SSSR count). The van der Waals surface area contributed by atoms with E-state index >= 15 is 0 Å². The Kier molecular flexibility index (Phi) is 9.17. The van der Waals surface area contributed by atoms with Crippen molar-refractivity contribution in [3.63, 3.8) is 0 Å². The number of benzene rings is 11. The molecule has 2 heterocycles. The van der Waals surface area contributed by atoms with Crippen molar-refractivity contribution in [1.29, 1.82) is 0 Å². The lowest BCUT2D eigenvalue weighted by Crippen LogP contribution is -2.11. The van der Waals surface area contributed by atoms with Gasteiger partial charge in [0.1, 0.15) is 11.2 Å². The van der Waals surface area contributed by atoms with Crippen molar-refractivity contribution < 1.29 is 4.42 Å². The van der Waals surface area contributed by atoms with Crippen LogP contribution in [0.25, 0.3) is 105 Å². The summed E-state index contributed by atoms with van der Waals surface area (Å²) >= 11 is 0. The molecule has 314 valence electrons. The van der Waals surface area contributed by atoms with Gasteiger partial charge in [0.05, 0.1) is 16.7 Å². The van der Waals surface area contributed by atoms with E-state index in [9.17, 15) is 0 Å². The number of anilines is 3. The molecule has 13 aromatic rings. The molecule has 11 aromatic carbocycles. The Labute approximate surface area is 388 Å². The van der Waals surface area contributed by atoms with Gasteiger partial charge in [-0.15, -0.1) is 0 Å². The van der Waals surface area contributed by atoms with Gasteiger partial charge in [0.15, 0.2) is 0 Å². The van der Waals surface area contributed by atoms with E-state index in [0.29, 0.717) is 0 Å². The average Bonchev–Trinajstić information content (AvgIpc) is 3.95. The monoisotopic (exact) mass is 854 g/mol.